The maximum Gasteiger partial charge on any atom is 0.0430 e. The number of rotatable bonds is 6. The van der Waals surface area contributed by atoms with Crippen LogP contribution in [0.5, 0.6) is 0 Å². The van der Waals surface area contributed by atoms with Gasteiger partial charge in [-0.05, 0) is 42.4 Å². The van der Waals surface area contributed by atoms with Gasteiger partial charge in [-0.25, -0.2) is 0 Å². The second-order valence-corrected chi connectivity index (χ2v) is 5.69. The van der Waals surface area contributed by atoms with Crippen molar-refractivity contribution < 1.29 is 0 Å². The number of hydrogen-bond acceptors (Lipinski definition) is 3. The summed E-state index contributed by atoms with van der Waals surface area (Å²) in [5.41, 5.74) is 1.23. The van der Waals surface area contributed by atoms with Crippen molar-refractivity contribution in [3.05, 3.63) is 59.4 Å². The van der Waals surface area contributed by atoms with Crippen LogP contribution in [0.3, 0.4) is 0 Å². The number of benzene rings is 1. The number of thioether (sulfide) groups is 1. The smallest absolute Gasteiger partial charge is 0.0430 e. The number of pyridine rings is 1. The first kappa shape index (κ1) is 14.4. The van der Waals surface area contributed by atoms with Crippen LogP contribution in [0.2, 0.25) is 5.02 Å². The van der Waals surface area contributed by atoms with Crippen molar-refractivity contribution in [3.63, 3.8) is 0 Å². The van der Waals surface area contributed by atoms with E-state index in [9.17, 15) is 0 Å². The SMILES string of the molecule is CCNC(CSc1ccc(Cl)cc1)c1cccnc1. The van der Waals surface area contributed by atoms with Crippen molar-refractivity contribution in [1.82, 2.24) is 10.3 Å². The minimum Gasteiger partial charge on any atom is -0.309 e. The molecule has 1 aromatic heterocycles. The molecule has 19 heavy (non-hydrogen) atoms. The topological polar surface area (TPSA) is 24.9 Å². The lowest BCUT2D eigenvalue weighted by Gasteiger charge is -2.17. The Kier molecular flexibility index (Phi) is 5.70. The normalized spacial score (nSPS) is 12.3. The van der Waals surface area contributed by atoms with Gasteiger partial charge in [-0.15, -0.1) is 11.8 Å². The molecule has 2 nitrogen and oxygen atoms in total. The number of halogens is 1. The monoisotopic (exact) mass is 292 g/mol. The molecule has 0 aliphatic carbocycles. The third kappa shape index (κ3) is 4.53. The fraction of sp³-hybridized carbons (Fsp3) is 0.267. The van der Waals surface area contributed by atoms with E-state index >= 15 is 0 Å². The maximum atomic E-state index is 5.89. The van der Waals surface area contributed by atoms with Crippen LogP contribution in [0, 0.1) is 0 Å². The molecule has 1 heterocycles. The first-order valence-corrected chi connectivity index (χ1v) is 7.67. The van der Waals surface area contributed by atoms with E-state index in [0.29, 0.717) is 6.04 Å². The second kappa shape index (κ2) is 7.53. The third-order valence-electron chi connectivity index (χ3n) is 2.77. The number of nitrogens with one attached hydrogen (secondary N) is 1. The van der Waals surface area contributed by atoms with Crippen molar-refractivity contribution in [2.45, 2.75) is 17.9 Å². The standard InChI is InChI=1S/C15H17ClN2S/c1-2-18-15(12-4-3-9-17-10-12)11-19-14-7-5-13(16)6-8-14/h3-10,15,18H,2,11H2,1H3. The van der Waals surface area contributed by atoms with E-state index in [0.717, 1.165) is 17.3 Å². The molecule has 1 aromatic carbocycles. The predicted molar refractivity (Wildman–Crippen MR) is 82.8 cm³/mol. The molecular weight excluding hydrogens is 276 g/mol. The predicted octanol–water partition coefficient (Wildman–Crippen LogP) is 4.18. The van der Waals surface area contributed by atoms with E-state index < -0.39 is 0 Å². The molecule has 100 valence electrons. The van der Waals surface area contributed by atoms with E-state index in [1.54, 1.807) is 6.20 Å². The van der Waals surface area contributed by atoms with E-state index in [4.69, 9.17) is 11.6 Å². The highest BCUT2D eigenvalue weighted by Gasteiger charge is 2.10. The molecule has 2 aromatic rings. The Labute approximate surface area is 123 Å². The Balaban J connectivity index is 1.99. The fourth-order valence-corrected chi connectivity index (χ4v) is 2.94. The summed E-state index contributed by atoms with van der Waals surface area (Å²) in [5, 5.41) is 4.27. The van der Waals surface area contributed by atoms with Crippen molar-refractivity contribution >= 4 is 23.4 Å². The van der Waals surface area contributed by atoms with E-state index in [1.165, 1.54) is 10.5 Å². The van der Waals surface area contributed by atoms with Crippen molar-refractivity contribution in [2.24, 2.45) is 0 Å². The van der Waals surface area contributed by atoms with Crippen molar-refractivity contribution in [2.75, 3.05) is 12.3 Å². The summed E-state index contributed by atoms with van der Waals surface area (Å²) in [6, 6.07) is 12.4. The Hall–Kier alpha value is -1.03. The Morgan fingerprint density at radius 1 is 1.26 bits per heavy atom. The minimum atomic E-state index is 0.319. The first-order valence-electron chi connectivity index (χ1n) is 6.31. The Morgan fingerprint density at radius 2 is 2.05 bits per heavy atom. The summed E-state index contributed by atoms with van der Waals surface area (Å²) in [4.78, 5) is 5.42. The summed E-state index contributed by atoms with van der Waals surface area (Å²) in [6.45, 7) is 3.07. The van der Waals surface area contributed by atoms with Gasteiger partial charge >= 0.3 is 0 Å². The average molecular weight is 293 g/mol. The van der Waals surface area contributed by atoms with Gasteiger partial charge in [-0.3, -0.25) is 4.98 Å². The highest BCUT2D eigenvalue weighted by atomic mass is 35.5. The fourth-order valence-electron chi connectivity index (χ4n) is 1.81. The van der Waals surface area contributed by atoms with Gasteiger partial charge in [0.2, 0.25) is 0 Å². The van der Waals surface area contributed by atoms with Gasteiger partial charge in [0.15, 0.2) is 0 Å². The summed E-state index contributed by atoms with van der Waals surface area (Å²) < 4.78 is 0. The van der Waals surface area contributed by atoms with Crippen molar-refractivity contribution in [1.29, 1.82) is 0 Å². The number of nitrogens with zero attached hydrogens (tertiary/aromatic N) is 1. The summed E-state index contributed by atoms with van der Waals surface area (Å²) >= 11 is 7.71. The number of hydrogen-bond donors (Lipinski definition) is 1. The van der Waals surface area contributed by atoms with Gasteiger partial charge < -0.3 is 5.32 Å². The molecule has 1 unspecified atom stereocenters. The van der Waals surface area contributed by atoms with Crippen LogP contribution in [0.25, 0.3) is 0 Å². The average Bonchev–Trinajstić information content (AvgIpc) is 2.46. The molecule has 0 saturated heterocycles. The molecular formula is C15H17ClN2S. The molecule has 0 amide bonds. The molecule has 0 fully saturated rings. The molecule has 0 radical (unpaired) electrons. The zero-order valence-corrected chi connectivity index (χ0v) is 12.4. The summed E-state index contributed by atoms with van der Waals surface area (Å²) in [6.07, 6.45) is 3.73. The summed E-state index contributed by atoms with van der Waals surface area (Å²) in [7, 11) is 0. The molecule has 4 heteroatoms. The lowest BCUT2D eigenvalue weighted by molar-refractivity contribution is 0.604. The second-order valence-electron chi connectivity index (χ2n) is 4.16. The molecule has 2 rings (SSSR count). The zero-order valence-electron chi connectivity index (χ0n) is 10.8. The molecule has 1 N–H and O–H groups in total. The van der Waals surface area contributed by atoms with Gasteiger partial charge in [0, 0.05) is 34.1 Å². The highest BCUT2D eigenvalue weighted by molar-refractivity contribution is 7.99. The molecule has 1 atom stereocenters. The molecule has 0 aliphatic rings. The summed E-state index contributed by atoms with van der Waals surface area (Å²) in [5.74, 6) is 0.973. The highest BCUT2D eigenvalue weighted by Crippen LogP contribution is 2.25. The van der Waals surface area contributed by atoms with Crippen molar-refractivity contribution in [3.8, 4) is 0 Å². The maximum absolute atomic E-state index is 5.89. The lowest BCUT2D eigenvalue weighted by atomic mass is 10.1. The van der Waals surface area contributed by atoms with Gasteiger partial charge in [0.25, 0.3) is 0 Å². The third-order valence-corrected chi connectivity index (χ3v) is 4.13. The van der Waals surface area contributed by atoms with E-state index in [-0.39, 0.29) is 0 Å². The van der Waals surface area contributed by atoms with Crippen LogP contribution < -0.4 is 5.32 Å². The minimum absolute atomic E-state index is 0.319. The quantitative estimate of drug-likeness (QED) is 0.809. The van der Waals surface area contributed by atoms with Crippen LogP contribution in [0.15, 0.2) is 53.7 Å². The van der Waals surface area contributed by atoms with Gasteiger partial charge in [-0.1, -0.05) is 24.6 Å². The first-order chi connectivity index (χ1) is 9.29. The van der Waals surface area contributed by atoms with Crippen LogP contribution in [0.4, 0.5) is 0 Å². The molecule has 0 saturated carbocycles. The van der Waals surface area contributed by atoms with Crippen LogP contribution in [0.1, 0.15) is 18.5 Å². The zero-order chi connectivity index (χ0) is 13.5. The van der Waals surface area contributed by atoms with Gasteiger partial charge in [0.05, 0.1) is 0 Å². The van der Waals surface area contributed by atoms with E-state index in [2.05, 4.69) is 35.4 Å². The van der Waals surface area contributed by atoms with E-state index in [1.807, 2.05) is 36.2 Å². The molecule has 0 aliphatic heterocycles. The van der Waals surface area contributed by atoms with Gasteiger partial charge in [0.1, 0.15) is 0 Å². The lowest BCUT2D eigenvalue weighted by Crippen LogP contribution is -2.23. The molecule has 0 spiro atoms. The Morgan fingerprint density at radius 3 is 2.68 bits per heavy atom. The van der Waals surface area contributed by atoms with Gasteiger partial charge in [-0.2, -0.15) is 0 Å². The van der Waals surface area contributed by atoms with Crippen LogP contribution in [-0.4, -0.2) is 17.3 Å². The Bertz CT molecular complexity index is 487. The largest absolute Gasteiger partial charge is 0.309 e. The number of aromatic nitrogens is 1. The van der Waals surface area contributed by atoms with Crippen LogP contribution in [-0.2, 0) is 0 Å². The molecule has 0 bridgehead atoms. The van der Waals surface area contributed by atoms with Crippen LogP contribution >= 0.6 is 23.4 Å².